The molecule has 168 valence electrons. The third-order valence-corrected chi connectivity index (χ3v) is 5.13. The molecule has 0 spiro atoms. The van der Waals surface area contributed by atoms with E-state index < -0.39 is 0 Å². The van der Waals surface area contributed by atoms with Crippen LogP contribution in [-0.2, 0) is 11.3 Å². The number of Topliss-reactive ketones (excluding diaryl/α,β-unsaturated/α-hetero) is 1. The van der Waals surface area contributed by atoms with Gasteiger partial charge in [-0.05, 0) is 53.6 Å². The highest BCUT2D eigenvalue weighted by atomic mass is 16.5. The first kappa shape index (κ1) is 22.0. The Balaban J connectivity index is 1.46. The van der Waals surface area contributed by atoms with E-state index in [0.29, 0.717) is 40.7 Å². The zero-order chi connectivity index (χ0) is 23.4. The molecule has 0 radical (unpaired) electrons. The monoisotopic (exact) mass is 446 g/mol. The van der Waals surface area contributed by atoms with Crippen LogP contribution in [0.3, 0.4) is 0 Å². The number of hydrogen-bond acceptors (Lipinski definition) is 7. The molecular weight excluding hydrogens is 424 g/mol. The van der Waals surface area contributed by atoms with Gasteiger partial charge in [-0.2, -0.15) is 0 Å². The molecule has 0 aromatic heterocycles. The molecule has 7 heteroatoms. The zero-order valence-corrected chi connectivity index (χ0v) is 18.4. The van der Waals surface area contributed by atoms with Crippen LogP contribution in [0.15, 0.2) is 66.4 Å². The molecule has 0 saturated carbocycles. The minimum atomic E-state index is -0.389. The van der Waals surface area contributed by atoms with Crippen molar-refractivity contribution in [3.8, 4) is 23.0 Å². The minimum Gasteiger partial charge on any atom is -0.493 e. The van der Waals surface area contributed by atoms with Gasteiger partial charge in [0.15, 0.2) is 17.3 Å². The Morgan fingerprint density at radius 3 is 2.36 bits per heavy atom. The van der Waals surface area contributed by atoms with Crippen LogP contribution in [0.5, 0.6) is 23.0 Å². The smallest absolute Gasteiger partial charge is 0.337 e. The molecule has 1 aliphatic heterocycles. The normalized spacial score (nSPS) is 13.3. The largest absolute Gasteiger partial charge is 0.493 e. The van der Waals surface area contributed by atoms with Crippen LogP contribution in [0.4, 0.5) is 0 Å². The van der Waals surface area contributed by atoms with Crippen molar-refractivity contribution in [3.63, 3.8) is 0 Å². The Morgan fingerprint density at radius 2 is 1.67 bits per heavy atom. The maximum absolute atomic E-state index is 12.8. The fourth-order valence-electron chi connectivity index (χ4n) is 3.37. The van der Waals surface area contributed by atoms with Crippen LogP contribution < -0.4 is 18.9 Å². The number of carbonyl (C=O) groups excluding carboxylic acids is 2. The first-order valence-corrected chi connectivity index (χ1v) is 10.1. The third kappa shape index (κ3) is 4.67. The summed E-state index contributed by atoms with van der Waals surface area (Å²) in [6.45, 7) is 0.294. The van der Waals surface area contributed by atoms with Crippen LogP contribution >= 0.6 is 0 Å². The minimum absolute atomic E-state index is 0.204. The summed E-state index contributed by atoms with van der Waals surface area (Å²) in [5.74, 6) is 1.78. The van der Waals surface area contributed by atoms with Crippen LogP contribution in [0.2, 0.25) is 0 Å². The van der Waals surface area contributed by atoms with E-state index in [1.807, 2.05) is 6.07 Å². The fraction of sp³-hybridized carbons (Fsp3) is 0.154. The summed E-state index contributed by atoms with van der Waals surface area (Å²) in [7, 11) is 4.46. The molecule has 3 aromatic rings. The van der Waals surface area contributed by atoms with Gasteiger partial charge in [-0.15, -0.1) is 0 Å². The van der Waals surface area contributed by atoms with Crippen molar-refractivity contribution in [2.24, 2.45) is 0 Å². The Labute approximate surface area is 191 Å². The molecule has 33 heavy (non-hydrogen) atoms. The summed E-state index contributed by atoms with van der Waals surface area (Å²) in [5.41, 5.74) is 2.57. The number of ketones is 1. The second-order valence-corrected chi connectivity index (χ2v) is 7.19. The van der Waals surface area contributed by atoms with Gasteiger partial charge in [0.25, 0.3) is 0 Å². The van der Waals surface area contributed by atoms with Gasteiger partial charge in [0, 0.05) is 6.07 Å². The van der Waals surface area contributed by atoms with Crippen molar-refractivity contribution in [1.82, 2.24) is 0 Å². The maximum Gasteiger partial charge on any atom is 0.337 e. The van der Waals surface area contributed by atoms with Gasteiger partial charge in [-0.3, -0.25) is 4.79 Å². The summed E-state index contributed by atoms with van der Waals surface area (Å²) in [5, 5.41) is 0. The van der Waals surface area contributed by atoms with Gasteiger partial charge in [0.2, 0.25) is 5.78 Å². The van der Waals surface area contributed by atoms with Crippen LogP contribution in [0.25, 0.3) is 6.08 Å². The summed E-state index contributed by atoms with van der Waals surface area (Å²) < 4.78 is 26.9. The molecule has 0 aliphatic carbocycles. The number of fused-ring (bicyclic) bond motifs is 1. The van der Waals surface area contributed by atoms with Gasteiger partial charge in [0.05, 0.1) is 32.5 Å². The molecule has 0 saturated heterocycles. The van der Waals surface area contributed by atoms with Gasteiger partial charge in [0.1, 0.15) is 18.1 Å². The van der Waals surface area contributed by atoms with Crippen molar-refractivity contribution < 1.29 is 33.3 Å². The molecule has 1 heterocycles. The van der Waals surface area contributed by atoms with Gasteiger partial charge >= 0.3 is 5.97 Å². The van der Waals surface area contributed by atoms with E-state index in [2.05, 4.69) is 0 Å². The molecule has 0 bridgehead atoms. The maximum atomic E-state index is 12.8. The van der Waals surface area contributed by atoms with Crippen molar-refractivity contribution in [2.45, 2.75) is 6.61 Å². The van der Waals surface area contributed by atoms with Crippen molar-refractivity contribution in [3.05, 3.63) is 88.7 Å². The van der Waals surface area contributed by atoms with Crippen LogP contribution in [-0.4, -0.2) is 33.1 Å². The third-order valence-electron chi connectivity index (χ3n) is 5.13. The van der Waals surface area contributed by atoms with E-state index in [1.165, 1.54) is 7.11 Å². The van der Waals surface area contributed by atoms with E-state index in [-0.39, 0.29) is 17.5 Å². The number of methoxy groups -OCH3 is 3. The topological polar surface area (TPSA) is 80.3 Å². The Morgan fingerprint density at radius 1 is 0.909 bits per heavy atom. The Kier molecular flexibility index (Phi) is 6.31. The van der Waals surface area contributed by atoms with E-state index in [4.69, 9.17) is 23.7 Å². The highest BCUT2D eigenvalue weighted by molar-refractivity contribution is 6.14. The lowest BCUT2D eigenvalue weighted by atomic mass is 10.1. The first-order chi connectivity index (χ1) is 16.0. The molecule has 0 amide bonds. The van der Waals surface area contributed by atoms with Crippen LogP contribution in [0, 0.1) is 0 Å². The van der Waals surface area contributed by atoms with Gasteiger partial charge in [-0.25, -0.2) is 4.79 Å². The number of esters is 1. The quantitative estimate of drug-likeness (QED) is 0.385. The number of benzene rings is 3. The molecule has 0 N–H and O–H groups in total. The predicted octanol–water partition coefficient (Wildman–Crippen LogP) is 4.69. The molecule has 0 atom stereocenters. The second-order valence-electron chi connectivity index (χ2n) is 7.19. The average molecular weight is 446 g/mol. The van der Waals surface area contributed by atoms with E-state index in [9.17, 15) is 9.59 Å². The van der Waals surface area contributed by atoms with E-state index >= 15 is 0 Å². The number of allylic oxidation sites excluding steroid dienone is 1. The lowest BCUT2D eigenvalue weighted by Gasteiger charge is -2.08. The summed E-state index contributed by atoms with van der Waals surface area (Å²) in [4.78, 5) is 24.3. The molecule has 3 aromatic carbocycles. The lowest BCUT2D eigenvalue weighted by molar-refractivity contribution is 0.0600. The lowest BCUT2D eigenvalue weighted by Crippen LogP contribution is -2.02. The van der Waals surface area contributed by atoms with Gasteiger partial charge < -0.3 is 23.7 Å². The SMILES string of the molecule is COC(=O)c1ccc(COc2ccc3c(c2)OC(=Cc2ccc(OC)c(OC)c2)C3=O)cc1. The number of carbonyl (C=O) groups is 2. The first-order valence-electron chi connectivity index (χ1n) is 10.1. The predicted molar refractivity (Wildman–Crippen MR) is 121 cm³/mol. The van der Waals surface area contributed by atoms with Crippen molar-refractivity contribution in [1.29, 1.82) is 0 Å². The highest BCUT2D eigenvalue weighted by Crippen LogP contribution is 2.36. The highest BCUT2D eigenvalue weighted by Gasteiger charge is 2.28. The Hall–Kier alpha value is -4.26. The molecule has 4 rings (SSSR count). The van der Waals surface area contributed by atoms with E-state index in [0.717, 1.165) is 11.1 Å². The number of rotatable bonds is 7. The summed E-state index contributed by atoms with van der Waals surface area (Å²) >= 11 is 0. The summed E-state index contributed by atoms with van der Waals surface area (Å²) in [6, 6.07) is 17.4. The molecule has 0 unspecified atom stereocenters. The average Bonchev–Trinajstić information content (AvgIpc) is 3.16. The summed E-state index contributed by atoms with van der Waals surface area (Å²) in [6.07, 6.45) is 1.66. The van der Waals surface area contributed by atoms with Gasteiger partial charge in [-0.1, -0.05) is 18.2 Å². The van der Waals surface area contributed by atoms with Crippen molar-refractivity contribution >= 4 is 17.8 Å². The Bertz CT molecular complexity index is 1230. The second kappa shape index (κ2) is 9.48. The molecular formula is C26H22O7. The molecule has 7 nitrogen and oxygen atoms in total. The standard InChI is InChI=1S/C26H22O7/c1-29-21-11-6-17(12-23(21)30-2)13-24-25(27)20-10-9-19(14-22(20)33-24)32-15-16-4-7-18(8-5-16)26(28)31-3/h4-14H,15H2,1-3H3. The van der Waals surface area contributed by atoms with E-state index in [1.54, 1.807) is 74.9 Å². The van der Waals surface area contributed by atoms with Crippen LogP contribution in [0.1, 0.15) is 31.8 Å². The number of hydrogen-bond donors (Lipinski definition) is 0. The zero-order valence-electron chi connectivity index (χ0n) is 18.4. The molecule has 0 fully saturated rings. The molecule has 1 aliphatic rings. The fourth-order valence-corrected chi connectivity index (χ4v) is 3.37. The number of ether oxygens (including phenoxy) is 5. The van der Waals surface area contributed by atoms with Crippen molar-refractivity contribution in [2.75, 3.05) is 21.3 Å².